The highest BCUT2D eigenvalue weighted by Crippen LogP contribution is 2.53. The maximum absolute atomic E-state index is 12.5. The Morgan fingerprint density at radius 3 is 2.47 bits per heavy atom. The van der Waals surface area contributed by atoms with Gasteiger partial charge in [-0.2, -0.15) is 0 Å². The van der Waals surface area contributed by atoms with Crippen LogP contribution in [0.4, 0.5) is 0 Å². The molecule has 2 aliphatic rings. The SMILES string of the molecule is COc1ccccc1C1C(C(=O)O)=C(C)N=C2SC(c3c(Cl)cccc3Cl)=C(CCN(C)C)N21. The number of para-hydroxylation sites is 1. The lowest BCUT2D eigenvalue weighted by atomic mass is 9.92. The number of aliphatic imine (C=N–C) groups is 1. The Balaban J connectivity index is 1.98. The van der Waals surface area contributed by atoms with Crippen LogP contribution in [0.25, 0.3) is 4.91 Å². The highest BCUT2D eigenvalue weighted by atomic mass is 35.5. The first-order valence-corrected chi connectivity index (χ1v) is 12.3. The summed E-state index contributed by atoms with van der Waals surface area (Å²) < 4.78 is 5.64. The van der Waals surface area contributed by atoms with Gasteiger partial charge in [0.1, 0.15) is 5.75 Å². The van der Waals surface area contributed by atoms with Gasteiger partial charge in [-0.3, -0.25) is 0 Å². The van der Waals surface area contributed by atoms with Gasteiger partial charge in [0.05, 0.1) is 34.5 Å². The maximum Gasteiger partial charge on any atom is 0.335 e. The molecule has 6 nitrogen and oxygen atoms in total. The van der Waals surface area contributed by atoms with Crippen LogP contribution in [-0.4, -0.2) is 53.8 Å². The molecule has 34 heavy (non-hydrogen) atoms. The summed E-state index contributed by atoms with van der Waals surface area (Å²) in [5.41, 5.74) is 3.08. The van der Waals surface area contributed by atoms with E-state index < -0.39 is 12.0 Å². The lowest BCUT2D eigenvalue weighted by Gasteiger charge is -2.36. The van der Waals surface area contributed by atoms with E-state index in [1.54, 1.807) is 14.0 Å². The van der Waals surface area contributed by atoms with Gasteiger partial charge in [0.25, 0.3) is 0 Å². The monoisotopic (exact) mass is 517 g/mol. The van der Waals surface area contributed by atoms with Crippen LogP contribution in [0.3, 0.4) is 0 Å². The molecule has 0 radical (unpaired) electrons. The quantitative estimate of drug-likeness (QED) is 0.475. The third kappa shape index (κ3) is 4.45. The minimum Gasteiger partial charge on any atom is -0.496 e. The van der Waals surface area contributed by atoms with Crippen molar-refractivity contribution in [1.29, 1.82) is 0 Å². The molecule has 0 saturated heterocycles. The molecule has 1 unspecified atom stereocenters. The predicted octanol–water partition coefficient (Wildman–Crippen LogP) is 6.14. The fourth-order valence-corrected chi connectivity index (χ4v) is 6.25. The molecule has 0 saturated carbocycles. The number of hydrogen-bond donors (Lipinski definition) is 1. The molecule has 1 N–H and O–H groups in total. The van der Waals surface area contributed by atoms with E-state index in [1.165, 1.54) is 11.8 Å². The number of aliphatic carboxylic acids is 1. The molecule has 0 spiro atoms. The van der Waals surface area contributed by atoms with Crippen molar-refractivity contribution in [3.8, 4) is 5.75 Å². The number of nitrogens with zero attached hydrogens (tertiary/aromatic N) is 3. The topological polar surface area (TPSA) is 65.4 Å². The molecule has 2 aromatic carbocycles. The smallest absolute Gasteiger partial charge is 0.335 e. The van der Waals surface area contributed by atoms with Gasteiger partial charge in [0, 0.05) is 34.7 Å². The zero-order chi connectivity index (χ0) is 24.6. The number of carboxylic acid groups (broad SMARTS) is 1. The number of rotatable bonds is 7. The molecular formula is C25H25Cl2N3O3S. The molecule has 0 amide bonds. The summed E-state index contributed by atoms with van der Waals surface area (Å²) in [4.78, 5) is 22.2. The second kappa shape index (κ2) is 10.0. The average molecular weight is 518 g/mol. The Bertz CT molecular complexity index is 1220. The molecule has 2 aromatic rings. The number of benzene rings is 2. The van der Waals surface area contributed by atoms with Gasteiger partial charge in [-0.1, -0.05) is 47.5 Å². The van der Waals surface area contributed by atoms with E-state index in [4.69, 9.17) is 32.9 Å². The average Bonchev–Trinajstić information content (AvgIpc) is 3.13. The van der Waals surface area contributed by atoms with Crippen LogP contribution < -0.4 is 4.74 Å². The molecule has 0 aliphatic carbocycles. The van der Waals surface area contributed by atoms with Gasteiger partial charge in [-0.25, -0.2) is 9.79 Å². The number of halogens is 2. The number of allylic oxidation sites excluding steroid dienone is 1. The van der Waals surface area contributed by atoms with E-state index in [0.717, 1.165) is 28.3 Å². The first-order valence-electron chi connectivity index (χ1n) is 10.7. The number of methoxy groups -OCH3 is 1. The van der Waals surface area contributed by atoms with Gasteiger partial charge in [0.15, 0.2) is 5.17 Å². The third-order valence-corrected chi connectivity index (χ3v) is 7.53. The number of hydrogen-bond acceptors (Lipinski definition) is 6. The van der Waals surface area contributed by atoms with Crippen molar-refractivity contribution < 1.29 is 14.6 Å². The Kier molecular flexibility index (Phi) is 7.28. The van der Waals surface area contributed by atoms with E-state index in [9.17, 15) is 9.90 Å². The molecule has 0 aromatic heterocycles. The third-order valence-electron chi connectivity index (χ3n) is 5.79. The summed E-state index contributed by atoms with van der Waals surface area (Å²) >= 11 is 14.7. The maximum atomic E-state index is 12.5. The van der Waals surface area contributed by atoms with Gasteiger partial charge >= 0.3 is 5.97 Å². The van der Waals surface area contributed by atoms with Crippen molar-refractivity contribution in [1.82, 2.24) is 9.80 Å². The van der Waals surface area contributed by atoms with Crippen LogP contribution in [0.15, 0.2) is 64.4 Å². The van der Waals surface area contributed by atoms with Crippen LogP contribution in [0, 0.1) is 0 Å². The Hall–Kier alpha value is -2.45. The van der Waals surface area contributed by atoms with Crippen LogP contribution in [0.2, 0.25) is 10.0 Å². The van der Waals surface area contributed by atoms with Crippen molar-refractivity contribution in [2.45, 2.75) is 19.4 Å². The van der Waals surface area contributed by atoms with E-state index in [2.05, 4.69) is 4.90 Å². The molecule has 178 valence electrons. The van der Waals surface area contributed by atoms with Crippen LogP contribution >= 0.6 is 35.0 Å². The van der Waals surface area contributed by atoms with Crippen molar-refractivity contribution in [3.63, 3.8) is 0 Å². The second-order valence-corrected chi connectivity index (χ2v) is 10.0. The number of amidine groups is 1. The molecular weight excluding hydrogens is 493 g/mol. The standard InChI is InChI=1S/C25H25Cl2N3O3S/c1-14-20(24(31)32)22(15-8-5-6-11-19(15)33-4)30-18(12-13-29(2)3)23(34-25(30)28-14)21-16(26)9-7-10-17(21)27/h5-11,22H,12-13H2,1-4H3,(H,31,32). The number of fused-ring (bicyclic) bond motifs is 1. The molecule has 4 rings (SSSR count). The van der Waals surface area contributed by atoms with Crippen LogP contribution in [0.5, 0.6) is 5.75 Å². The first kappa shape index (κ1) is 24.7. The summed E-state index contributed by atoms with van der Waals surface area (Å²) in [6, 6.07) is 12.3. The van der Waals surface area contributed by atoms with Gasteiger partial charge in [-0.05, 0) is 51.0 Å². The van der Waals surface area contributed by atoms with E-state index in [-0.39, 0.29) is 5.57 Å². The van der Waals surface area contributed by atoms with E-state index in [0.29, 0.717) is 33.1 Å². The zero-order valence-electron chi connectivity index (χ0n) is 19.3. The van der Waals surface area contributed by atoms with Crippen molar-refractivity contribution in [3.05, 3.63) is 80.6 Å². The fraction of sp³-hybridized carbons (Fsp3) is 0.280. The predicted molar refractivity (Wildman–Crippen MR) is 139 cm³/mol. The molecule has 2 heterocycles. The summed E-state index contributed by atoms with van der Waals surface area (Å²) in [5.74, 6) is -0.404. The summed E-state index contributed by atoms with van der Waals surface area (Å²) in [7, 11) is 5.59. The van der Waals surface area contributed by atoms with Gasteiger partial charge < -0.3 is 19.6 Å². The van der Waals surface area contributed by atoms with Crippen LogP contribution in [-0.2, 0) is 4.79 Å². The van der Waals surface area contributed by atoms with Crippen molar-refractivity contribution in [2.24, 2.45) is 4.99 Å². The molecule has 9 heteroatoms. The largest absolute Gasteiger partial charge is 0.496 e. The highest BCUT2D eigenvalue weighted by molar-refractivity contribution is 8.22. The Labute approximate surface area is 213 Å². The molecule has 2 aliphatic heterocycles. The van der Waals surface area contributed by atoms with Gasteiger partial charge in [0.2, 0.25) is 0 Å². The van der Waals surface area contributed by atoms with E-state index >= 15 is 0 Å². The molecule has 0 bridgehead atoms. The molecule has 0 fully saturated rings. The normalized spacial score (nSPS) is 17.9. The zero-order valence-corrected chi connectivity index (χ0v) is 21.6. The number of ether oxygens (including phenoxy) is 1. The van der Waals surface area contributed by atoms with Crippen molar-refractivity contribution in [2.75, 3.05) is 27.7 Å². The number of carbonyl (C=O) groups is 1. The van der Waals surface area contributed by atoms with E-state index in [1.807, 2.05) is 61.5 Å². The first-order chi connectivity index (χ1) is 16.2. The van der Waals surface area contributed by atoms with Crippen LogP contribution in [0.1, 0.15) is 30.5 Å². The number of thioether (sulfide) groups is 1. The van der Waals surface area contributed by atoms with Crippen molar-refractivity contribution >= 4 is 51.0 Å². The Morgan fingerprint density at radius 1 is 1.18 bits per heavy atom. The van der Waals surface area contributed by atoms with Gasteiger partial charge in [-0.15, -0.1) is 0 Å². The summed E-state index contributed by atoms with van der Waals surface area (Å²) in [6.45, 7) is 2.48. The lowest BCUT2D eigenvalue weighted by molar-refractivity contribution is -0.133. The lowest BCUT2D eigenvalue weighted by Crippen LogP contribution is -2.37. The summed E-state index contributed by atoms with van der Waals surface area (Å²) in [5, 5.41) is 12.0. The number of carboxylic acids is 1. The summed E-state index contributed by atoms with van der Waals surface area (Å²) in [6.07, 6.45) is 0.646. The highest BCUT2D eigenvalue weighted by Gasteiger charge is 2.44. The molecule has 1 atom stereocenters. The minimum atomic E-state index is -1.02. The Morgan fingerprint density at radius 2 is 1.85 bits per heavy atom. The fourth-order valence-electron chi connectivity index (χ4n) is 4.23. The second-order valence-electron chi connectivity index (χ2n) is 8.24. The minimum absolute atomic E-state index is 0.211.